The molecule has 0 aliphatic carbocycles. The van der Waals surface area contributed by atoms with Gasteiger partial charge in [-0.1, -0.05) is 24.6 Å². The van der Waals surface area contributed by atoms with Crippen molar-refractivity contribution in [3.05, 3.63) is 41.1 Å². The van der Waals surface area contributed by atoms with E-state index < -0.39 is 38.5 Å². The van der Waals surface area contributed by atoms with Crippen molar-refractivity contribution in [2.45, 2.75) is 44.4 Å². The third kappa shape index (κ3) is 3.53. The lowest BCUT2D eigenvalue weighted by Gasteiger charge is -2.44. The van der Waals surface area contributed by atoms with Gasteiger partial charge >= 0.3 is 11.9 Å². The molecule has 0 spiro atoms. The van der Waals surface area contributed by atoms with Gasteiger partial charge in [0.1, 0.15) is 5.92 Å². The fourth-order valence-corrected chi connectivity index (χ4v) is 5.72. The number of hydrogen-bond donors (Lipinski definition) is 1. The Hall–Kier alpha value is -2.35. The summed E-state index contributed by atoms with van der Waals surface area (Å²) in [6, 6.07) is 6.42. The van der Waals surface area contributed by atoms with Gasteiger partial charge in [-0.3, -0.25) is 4.79 Å². The number of carbonyl (C=O) groups is 2. The lowest BCUT2D eigenvalue weighted by molar-refractivity contribution is -0.152. The molecule has 3 unspecified atom stereocenters. The highest BCUT2D eigenvalue weighted by Gasteiger charge is 2.57. The van der Waals surface area contributed by atoms with Crippen LogP contribution in [0.4, 0.5) is 0 Å². The van der Waals surface area contributed by atoms with Crippen LogP contribution in [-0.4, -0.2) is 38.9 Å². The largest absolute Gasteiger partial charge is 0.466 e. The van der Waals surface area contributed by atoms with Crippen LogP contribution < -0.4 is 5.32 Å². The van der Waals surface area contributed by atoms with E-state index in [1.54, 1.807) is 32.9 Å². The van der Waals surface area contributed by atoms with E-state index in [0.29, 0.717) is 5.70 Å². The van der Waals surface area contributed by atoms with E-state index in [2.05, 4.69) is 5.32 Å². The maximum absolute atomic E-state index is 13.6. The van der Waals surface area contributed by atoms with E-state index in [-0.39, 0.29) is 17.1 Å². The molecule has 1 aliphatic rings. The summed E-state index contributed by atoms with van der Waals surface area (Å²) in [7, 11) is -2.77. The first-order valence-electron chi connectivity index (χ1n) is 9.06. The molecule has 8 heteroatoms. The topological polar surface area (TPSA) is 98.8 Å². The van der Waals surface area contributed by atoms with Crippen molar-refractivity contribution in [1.82, 2.24) is 5.32 Å². The predicted molar refractivity (Wildman–Crippen MR) is 104 cm³/mol. The lowest BCUT2D eigenvalue weighted by Crippen LogP contribution is -2.62. The first-order chi connectivity index (χ1) is 13.0. The first kappa shape index (κ1) is 21.9. The quantitative estimate of drug-likeness (QED) is 0.745. The summed E-state index contributed by atoms with van der Waals surface area (Å²) >= 11 is 0. The molecule has 0 fully saturated rings. The Labute approximate surface area is 166 Å². The van der Waals surface area contributed by atoms with Crippen LogP contribution in [0.25, 0.3) is 0 Å². The third-order valence-corrected chi connectivity index (χ3v) is 7.59. The van der Waals surface area contributed by atoms with Crippen LogP contribution >= 0.6 is 0 Å². The predicted octanol–water partition coefficient (Wildman–Crippen LogP) is 2.35. The fourth-order valence-electron chi connectivity index (χ4n) is 3.81. The molecule has 2 rings (SSSR count). The van der Waals surface area contributed by atoms with Gasteiger partial charge in [-0.25, -0.2) is 13.2 Å². The van der Waals surface area contributed by atoms with Crippen LogP contribution in [0.15, 0.2) is 40.4 Å². The average Bonchev–Trinajstić information content (AvgIpc) is 2.61. The molecule has 0 radical (unpaired) electrons. The minimum absolute atomic E-state index is 0.0870. The zero-order valence-corrected chi connectivity index (χ0v) is 17.8. The Balaban J connectivity index is 2.70. The van der Waals surface area contributed by atoms with Crippen molar-refractivity contribution in [2.75, 3.05) is 13.7 Å². The van der Waals surface area contributed by atoms with Crippen LogP contribution in [0.3, 0.4) is 0 Å². The van der Waals surface area contributed by atoms with Gasteiger partial charge in [-0.2, -0.15) is 0 Å². The number of rotatable bonds is 5. The summed E-state index contributed by atoms with van der Waals surface area (Å²) in [5.41, 5.74) is 1.51. The molecule has 1 aromatic carbocycles. The summed E-state index contributed by atoms with van der Waals surface area (Å²) < 4.78 is 37.1. The van der Waals surface area contributed by atoms with Gasteiger partial charge in [0.25, 0.3) is 0 Å². The summed E-state index contributed by atoms with van der Waals surface area (Å²) in [5, 5.41) is 2.92. The zero-order valence-electron chi connectivity index (χ0n) is 17.0. The van der Waals surface area contributed by atoms with Crippen LogP contribution in [-0.2, 0) is 28.9 Å². The van der Waals surface area contributed by atoms with Gasteiger partial charge in [0.2, 0.25) is 9.84 Å². The van der Waals surface area contributed by atoms with Gasteiger partial charge in [0, 0.05) is 11.6 Å². The Morgan fingerprint density at radius 2 is 1.75 bits per heavy atom. The molecule has 0 saturated carbocycles. The number of allylic oxidation sites excluding steroid dienone is 1. The monoisotopic (exact) mass is 409 g/mol. The molecule has 1 aromatic rings. The Bertz CT molecular complexity index is 903. The number of nitrogens with one attached hydrogen (secondary N) is 1. The molecule has 1 heterocycles. The zero-order chi connectivity index (χ0) is 21.3. The molecule has 28 heavy (non-hydrogen) atoms. The second-order valence-corrected chi connectivity index (χ2v) is 9.42. The minimum atomic E-state index is -4.01. The molecule has 0 bridgehead atoms. The van der Waals surface area contributed by atoms with Crippen molar-refractivity contribution in [2.24, 2.45) is 11.8 Å². The Morgan fingerprint density at radius 1 is 1.18 bits per heavy atom. The van der Waals surface area contributed by atoms with Gasteiger partial charge in [0.15, 0.2) is 4.87 Å². The van der Waals surface area contributed by atoms with E-state index in [0.717, 1.165) is 5.56 Å². The molecule has 1 aliphatic heterocycles. The summed E-state index contributed by atoms with van der Waals surface area (Å²) in [6.07, 6.45) is 0. The average molecular weight is 410 g/mol. The highest BCUT2D eigenvalue weighted by molar-refractivity contribution is 7.92. The Morgan fingerprint density at radius 3 is 2.25 bits per heavy atom. The molecular formula is C20H27NO6S. The number of ether oxygens (including phenoxy) is 2. The molecule has 154 valence electrons. The van der Waals surface area contributed by atoms with Crippen LogP contribution in [0.2, 0.25) is 0 Å². The molecular weight excluding hydrogens is 382 g/mol. The van der Waals surface area contributed by atoms with E-state index in [1.165, 1.54) is 26.2 Å². The number of benzene rings is 1. The van der Waals surface area contributed by atoms with Crippen molar-refractivity contribution >= 4 is 21.8 Å². The maximum Gasteiger partial charge on any atom is 0.335 e. The third-order valence-electron chi connectivity index (χ3n) is 5.22. The van der Waals surface area contributed by atoms with Gasteiger partial charge < -0.3 is 14.8 Å². The summed E-state index contributed by atoms with van der Waals surface area (Å²) in [5.74, 6) is -3.16. The Kier molecular flexibility index (Phi) is 6.23. The second-order valence-electron chi connectivity index (χ2n) is 7.10. The molecule has 0 saturated heterocycles. The van der Waals surface area contributed by atoms with Crippen LogP contribution in [0.5, 0.6) is 0 Å². The molecule has 3 atom stereocenters. The molecule has 0 amide bonds. The number of methoxy groups -OCH3 is 1. The van der Waals surface area contributed by atoms with Gasteiger partial charge in [0.05, 0.1) is 24.2 Å². The standard InChI is InChI=1S/C20H27NO6S/c1-7-27-19(23)17-13(3)16(18(22)26-6)14(4)21-20(17,5)28(24,25)15-10-8-12(2)9-11-15/h8-11,13,17,21H,7H2,1-6H3. The van der Waals surface area contributed by atoms with E-state index >= 15 is 0 Å². The summed E-state index contributed by atoms with van der Waals surface area (Å²) in [6.45, 7) is 8.30. The van der Waals surface area contributed by atoms with Crippen molar-refractivity contribution in [3.8, 4) is 0 Å². The molecule has 7 nitrogen and oxygen atoms in total. The second kappa shape index (κ2) is 7.95. The summed E-state index contributed by atoms with van der Waals surface area (Å²) in [4.78, 5) is 23.5. The van der Waals surface area contributed by atoms with Crippen molar-refractivity contribution in [3.63, 3.8) is 0 Å². The first-order valence-corrected chi connectivity index (χ1v) is 10.5. The number of sulfone groups is 1. The normalized spacial score (nSPS) is 25.1. The van der Waals surface area contributed by atoms with Gasteiger partial charge in [-0.15, -0.1) is 0 Å². The SMILES string of the molecule is CCOC(=O)C1C(C)C(C(=O)OC)=C(C)NC1(C)S(=O)(=O)c1ccc(C)cc1. The smallest absolute Gasteiger partial charge is 0.335 e. The highest BCUT2D eigenvalue weighted by Crippen LogP contribution is 2.43. The van der Waals surface area contributed by atoms with E-state index in [4.69, 9.17) is 9.47 Å². The number of esters is 2. The highest BCUT2D eigenvalue weighted by atomic mass is 32.2. The molecule has 1 N–H and O–H groups in total. The number of aryl methyl sites for hydroxylation is 1. The minimum Gasteiger partial charge on any atom is -0.466 e. The molecule has 0 aromatic heterocycles. The fraction of sp³-hybridized carbons (Fsp3) is 0.500. The van der Waals surface area contributed by atoms with Gasteiger partial charge in [-0.05, 0) is 39.8 Å². The van der Waals surface area contributed by atoms with Crippen LogP contribution in [0, 0.1) is 18.8 Å². The van der Waals surface area contributed by atoms with Crippen molar-refractivity contribution < 1.29 is 27.5 Å². The van der Waals surface area contributed by atoms with Crippen molar-refractivity contribution in [1.29, 1.82) is 0 Å². The van der Waals surface area contributed by atoms with E-state index in [9.17, 15) is 18.0 Å². The van der Waals surface area contributed by atoms with E-state index in [1.807, 2.05) is 6.92 Å². The lowest BCUT2D eigenvalue weighted by atomic mass is 9.78. The maximum atomic E-state index is 13.6. The van der Waals surface area contributed by atoms with Crippen LogP contribution in [0.1, 0.15) is 33.3 Å². The number of carbonyl (C=O) groups excluding carboxylic acids is 2. The number of hydrogen-bond acceptors (Lipinski definition) is 7.